The predicted octanol–water partition coefficient (Wildman–Crippen LogP) is 4.99. The third kappa shape index (κ3) is 4.58. The van der Waals surface area contributed by atoms with Crippen molar-refractivity contribution < 1.29 is 19.1 Å². The van der Waals surface area contributed by atoms with Gasteiger partial charge in [0.25, 0.3) is 5.78 Å². The number of aromatic nitrogens is 3. The van der Waals surface area contributed by atoms with E-state index in [0.29, 0.717) is 15.7 Å². The third-order valence-corrected chi connectivity index (χ3v) is 7.52. The van der Waals surface area contributed by atoms with Gasteiger partial charge in [-0.1, -0.05) is 53.4 Å². The van der Waals surface area contributed by atoms with Gasteiger partial charge in [-0.15, -0.1) is 10.2 Å². The molecule has 2 aromatic carbocycles. The number of aliphatic hydroxyl groups excluding tert-OH is 1. The standard InChI is InChI=1S/C25H17FN4O3S2/c26-18-8-6-17(7-9-18)21(31)19-20(16-10-12-27-13-11-16)30(23(33)22(19)32)24-28-29-25(35-24)34-14-15-4-2-1-3-5-15/h1-13,20,31H,14H2. The normalized spacial score (nSPS) is 17.2. The fourth-order valence-corrected chi connectivity index (χ4v) is 5.56. The molecule has 1 amide bonds. The largest absolute Gasteiger partial charge is 0.507 e. The average Bonchev–Trinajstić information content (AvgIpc) is 3.46. The minimum atomic E-state index is -0.942. The first-order valence-electron chi connectivity index (χ1n) is 10.5. The second-order valence-electron chi connectivity index (χ2n) is 7.58. The number of rotatable bonds is 6. The highest BCUT2D eigenvalue weighted by molar-refractivity contribution is 8.00. The average molecular weight is 505 g/mol. The molecule has 0 spiro atoms. The van der Waals surface area contributed by atoms with Crippen molar-refractivity contribution in [3.63, 3.8) is 0 Å². The first-order chi connectivity index (χ1) is 17.0. The molecule has 0 saturated carbocycles. The molecule has 1 N–H and O–H groups in total. The molecule has 5 rings (SSSR count). The quantitative estimate of drug-likeness (QED) is 0.130. The van der Waals surface area contributed by atoms with Gasteiger partial charge in [-0.3, -0.25) is 19.5 Å². The van der Waals surface area contributed by atoms with Gasteiger partial charge in [0.05, 0.1) is 11.6 Å². The molecule has 1 atom stereocenters. The molecule has 7 nitrogen and oxygen atoms in total. The molecular formula is C25H17FN4O3S2. The van der Waals surface area contributed by atoms with Crippen molar-refractivity contribution >= 4 is 45.7 Å². The van der Waals surface area contributed by atoms with Crippen LogP contribution in [0.5, 0.6) is 0 Å². The van der Waals surface area contributed by atoms with Crippen LogP contribution in [0.3, 0.4) is 0 Å². The maximum absolute atomic E-state index is 13.4. The number of carbonyl (C=O) groups is 2. The topological polar surface area (TPSA) is 96.3 Å². The van der Waals surface area contributed by atoms with Crippen LogP contribution >= 0.6 is 23.1 Å². The van der Waals surface area contributed by atoms with Crippen molar-refractivity contribution in [1.82, 2.24) is 15.2 Å². The molecule has 3 heterocycles. The molecule has 1 saturated heterocycles. The molecule has 0 bridgehead atoms. The van der Waals surface area contributed by atoms with Crippen LogP contribution in [-0.2, 0) is 15.3 Å². The number of nitrogens with zero attached hydrogens (tertiary/aromatic N) is 4. The summed E-state index contributed by atoms with van der Waals surface area (Å²) in [7, 11) is 0. The van der Waals surface area contributed by atoms with Crippen LogP contribution in [0.15, 0.2) is 89.0 Å². The van der Waals surface area contributed by atoms with Crippen LogP contribution in [0, 0.1) is 5.82 Å². The highest BCUT2D eigenvalue weighted by Crippen LogP contribution is 2.43. The van der Waals surface area contributed by atoms with E-state index in [-0.39, 0.29) is 16.3 Å². The number of aliphatic hydroxyl groups is 1. The number of ketones is 1. The van der Waals surface area contributed by atoms with Gasteiger partial charge >= 0.3 is 5.91 Å². The minimum absolute atomic E-state index is 0.110. The summed E-state index contributed by atoms with van der Waals surface area (Å²) in [4.78, 5) is 31.5. The summed E-state index contributed by atoms with van der Waals surface area (Å²) < 4.78 is 14.1. The minimum Gasteiger partial charge on any atom is -0.507 e. The Morgan fingerprint density at radius 3 is 2.43 bits per heavy atom. The molecule has 0 aliphatic carbocycles. The lowest BCUT2D eigenvalue weighted by atomic mass is 9.96. The number of benzene rings is 2. The summed E-state index contributed by atoms with van der Waals surface area (Å²) in [5, 5.41) is 19.6. The van der Waals surface area contributed by atoms with Gasteiger partial charge in [0.15, 0.2) is 4.34 Å². The van der Waals surface area contributed by atoms with Gasteiger partial charge < -0.3 is 5.11 Å². The fourth-order valence-electron chi connectivity index (χ4n) is 3.73. The van der Waals surface area contributed by atoms with Crippen LogP contribution in [0.2, 0.25) is 0 Å². The van der Waals surface area contributed by atoms with Crippen molar-refractivity contribution in [3.05, 3.63) is 107 Å². The number of pyridine rings is 1. The molecule has 35 heavy (non-hydrogen) atoms. The van der Waals surface area contributed by atoms with Crippen molar-refractivity contribution in [2.45, 2.75) is 16.1 Å². The summed E-state index contributed by atoms with van der Waals surface area (Å²) in [5.41, 5.74) is 1.80. The zero-order chi connectivity index (χ0) is 24.4. The van der Waals surface area contributed by atoms with Gasteiger partial charge in [0.2, 0.25) is 5.13 Å². The Morgan fingerprint density at radius 2 is 1.71 bits per heavy atom. The van der Waals surface area contributed by atoms with E-state index in [2.05, 4.69) is 15.2 Å². The number of amides is 1. The molecule has 2 aromatic heterocycles. The highest BCUT2D eigenvalue weighted by Gasteiger charge is 2.48. The van der Waals surface area contributed by atoms with Gasteiger partial charge in [0, 0.05) is 23.7 Å². The van der Waals surface area contributed by atoms with Crippen LogP contribution < -0.4 is 4.90 Å². The summed E-state index contributed by atoms with van der Waals surface area (Å²) in [6, 6.07) is 17.3. The Balaban J connectivity index is 1.53. The summed E-state index contributed by atoms with van der Waals surface area (Å²) in [5.74, 6) is -1.89. The Hall–Kier alpha value is -3.89. The maximum Gasteiger partial charge on any atom is 0.301 e. The predicted molar refractivity (Wildman–Crippen MR) is 131 cm³/mol. The van der Waals surface area contributed by atoms with Crippen LogP contribution in [0.25, 0.3) is 5.76 Å². The van der Waals surface area contributed by atoms with E-state index < -0.39 is 29.3 Å². The molecule has 0 radical (unpaired) electrons. The highest BCUT2D eigenvalue weighted by atomic mass is 32.2. The number of anilines is 1. The van der Waals surface area contributed by atoms with Crippen molar-refractivity contribution in [2.75, 3.05) is 4.90 Å². The van der Waals surface area contributed by atoms with Gasteiger partial charge in [-0.05, 0) is 47.5 Å². The second-order valence-corrected chi connectivity index (χ2v) is 9.76. The van der Waals surface area contributed by atoms with E-state index in [9.17, 15) is 19.1 Å². The zero-order valence-corrected chi connectivity index (χ0v) is 19.7. The Morgan fingerprint density at radius 1 is 1.00 bits per heavy atom. The third-order valence-electron chi connectivity index (χ3n) is 5.39. The summed E-state index contributed by atoms with van der Waals surface area (Å²) in [6.07, 6.45) is 3.07. The van der Waals surface area contributed by atoms with Gasteiger partial charge in [0.1, 0.15) is 11.6 Å². The number of hydrogen-bond donors (Lipinski definition) is 1. The zero-order valence-electron chi connectivity index (χ0n) is 18.0. The number of thioether (sulfide) groups is 1. The summed E-state index contributed by atoms with van der Waals surface area (Å²) >= 11 is 2.66. The summed E-state index contributed by atoms with van der Waals surface area (Å²) in [6.45, 7) is 0. The lowest BCUT2D eigenvalue weighted by molar-refractivity contribution is -0.132. The van der Waals surface area contributed by atoms with Gasteiger partial charge in [-0.2, -0.15) is 0 Å². The molecular weight excluding hydrogens is 487 g/mol. The van der Waals surface area contributed by atoms with Crippen molar-refractivity contribution in [3.8, 4) is 0 Å². The first kappa shape index (κ1) is 22.9. The molecule has 1 fully saturated rings. The Bertz CT molecular complexity index is 1410. The van der Waals surface area contributed by atoms with Crippen molar-refractivity contribution in [2.24, 2.45) is 0 Å². The number of carbonyl (C=O) groups excluding carboxylic acids is 2. The fraction of sp³-hybridized carbons (Fsp3) is 0.0800. The molecule has 1 aliphatic heterocycles. The lowest BCUT2D eigenvalue weighted by Gasteiger charge is -2.22. The molecule has 4 aromatic rings. The monoisotopic (exact) mass is 504 g/mol. The van der Waals surface area contributed by atoms with Gasteiger partial charge in [-0.25, -0.2) is 4.39 Å². The molecule has 1 unspecified atom stereocenters. The SMILES string of the molecule is O=C1C(=O)N(c2nnc(SCc3ccccc3)s2)C(c2ccncc2)C1=C(O)c1ccc(F)cc1. The molecule has 174 valence electrons. The van der Waals surface area contributed by atoms with E-state index in [1.165, 1.54) is 64.7 Å². The smallest absolute Gasteiger partial charge is 0.301 e. The number of Topliss-reactive ketones (excluding diaryl/α,β-unsaturated/α-hetero) is 1. The van der Waals surface area contributed by atoms with Crippen molar-refractivity contribution in [1.29, 1.82) is 0 Å². The Labute approximate surface area is 208 Å². The molecule has 10 heteroatoms. The number of hydrogen-bond acceptors (Lipinski definition) is 8. The van der Waals surface area contributed by atoms with E-state index in [0.717, 1.165) is 5.56 Å². The van der Waals surface area contributed by atoms with Crippen LogP contribution in [0.4, 0.5) is 9.52 Å². The van der Waals surface area contributed by atoms with E-state index >= 15 is 0 Å². The number of halogens is 1. The molecule has 1 aliphatic rings. The van der Waals surface area contributed by atoms with Crippen LogP contribution in [-0.4, -0.2) is 32.0 Å². The van der Waals surface area contributed by atoms with E-state index in [1.807, 2.05) is 30.3 Å². The van der Waals surface area contributed by atoms with Crippen LogP contribution in [0.1, 0.15) is 22.7 Å². The second kappa shape index (κ2) is 9.77. The van der Waals surface area contributed by atoms with E-state index in [4.69, 9.17) is 0 Å². The Kier molecular flexibility index (Phi) is 6.39. The first-order valence-corrected chi connectivity index (χ1v) is 12.3. The lowest BCUT2D eigenvalue weighted by Crippen LogP contribution is -2.29. The van der Waals surface area contributed by atoms with E-state index in [1.54, 1.807) is 12.1 Å². The maximum atomic E-state index is 13.4.